The zero-order chi connectivity index (χ0) is 29.5. The van der Waals surface area contributed by atoms with E-state index < -0.39 is 0 Å². The monoisotopic (exact) mass is 572 g/mol. The molecule has 0 amide bonds. The molecule has 0 unspecified atom stereocenters. The number of hydrogen-bond acceptors (Lipinski definition) is 3. The van der Waals surface area contributed by atoms with Crippen molar-refractivity contribution in [3.05, 3.63) is 146 Å². The Morgan fingerprint density at radius 1 is 0.422 bits per heavy atom. The fourth-order valence-corrected chi connectivity index (χ4v) is 7.24. The van der Waals surface area contributed by atoms with Gasteiger partial charge in [-0.3, -0.25) is 4.98 Å². The van der Waals surface area contributed by atoms with Gasteiger partial charge in [-0.1, -0.05) is 109 Å². The van der Waals surface area contributed by atoms with Crippen molar-refractivity contribution in [1.82, 2.24) is 9.97 Å². The fourth-order valence-electron chi connectivity index (χ4n) is 7.24. The molecule has 0 fully saturated rings. The van der Waals surface area contributed by atoms with Crippen LogP contribution in [0, 0.1) is 0 Å². The van der Waals surface area contributed by atoms with Gasteiger partial charge in [0.2, 0.25) is 0 Å². The first-order chi connectivity index (χ1) is 22.3. The third-order valence-electron chi connectivity index (χ3n) is 9.29. The summed E-state index contributed by atoms with van der Waals surface area (Å²) in [6.07, 6.45) is 1.84. The lowest BCUT2D eigenvalue weighted by atomic mass is 9.89. The molecule has 45 heavy (non-hydrogen) atoms. The molecule has 0 aliphatic rings. The molecule has 3 heteroatoms. The maximum Gasteiger partial charge on any atom is 0.143 e. The van der Waals surface area contributed by atoms with Crippen molar-refractivity contribution in [3.63, 3.8) is 0 Å². The molecule has 10 aromatic rings. The fraction of sp³-hybridized carbons (Fsp3) is 0. The number of fused-ring (bicyclic) bond motifs is 11. The van der Waals surface area contributed by atoms with E-state index in [0.29, 0.717) is 0 Å². The predicted octanol–water partition coefficient (Wildman–Crippen LogP) is 11.5. The zero-order valence-corrected chi connectivity index (χ0v) is 24.2. The summed E-state index contributed by atoms with van der Waals surface area (Å²) < 4.78 is 6.50. The number of nitrogens with zero attached hydrogens (tertiary/aromatic N) is 2. The predicted molar refractivity (Wildman–Crippen MR) is 188 cm³/mol. The molecule has 3 aromatic heterocycles. The van der Waals surface area contributed by atoms with Gasteiger partial charge >= 0.3 is 0 Å². The topological polar surface area (TPSA) is 38.9 Å². The SMILES string of the molecule is c1cnc2c(c1)ccc1ccc(-c3cccc4c(-c5cc6ccc7c8ccccc8oc7c6c6ccccc56)cccc34)nc12. The molecule has 0 spiro atoms. The summed E-state index contributed by atoms with van der Waals surface area (Å²) in [6, 6.07) is 49.5. The molecule has 3 nitrogen and oxygen atoms in total. The van der Waals surface area contributed by atoms with Crippen LogP contribution < -0.4 is 0 Å². The normalized spacial score (nSPS) is 12.0. The Kier molecular flexibility index (Phi) is 5.00. The van der Waals surface area contributed by atoms with Gasteiger partial charge < -0.3 is 4.42 Å². The first-order valence-corrected chi connectivity index (χ1v) is 15.2. The van der Waals surface area contributed by atoms with Gasteiger partial charge in [-0.25, -0.2) is 4.98 Å². The van der Waals surface area contributed by atoms with Crippen LogP contribution in [-0.4, -0.2) is 9.97 Å². The highest BCUT2D eigenvalue weighted by Gasteiger charge is 2.17. The van der Waals surface area contributed by atoms with E-state index in [9.17, 15) is 0 Å². The van der Waals surface area contributed by atoms with Gasteiger partial charge in [0.1, 0.15) is 11.2 Å². The lowest BCUT2D eigenvalue weighted by Crippen LogP contribution is -1.91. The van der Waals surface area contributed by atoms with Crippen molar-refractivity contribution in [2.24, 2.45) is 0 Å². The van der Waals surface area contributed by atoms with Gasteiger partial charge in [0.15, 0.2) is 0 Å². The minimum Gasteiger partial charge on any atom is -0.455 e. The van der Waals surface area contributed by atoms with Crippen molar-refractivity contribution >= 4 is 76.1 Å². The first-order valence-electron chi connectivity index (χ1n) is 15.2. The minimum atomic E-state index is 0.917. The number of furan rings is 1. The third kappa shape index (κ3) is 3.52. The van der Waals surface area contributed by atoms with Crippen molar-refractivity contribution in [1.29, 1.82) is 0 Å². The van der Waals surface area contributed by atoms with Gasteiger partial charge in [0.25, 0.3) is 0 Å². The minimum absolute atomic E-state index is 0.917. The summed E-state index contributed by atoms with van der Waals surface area (Å²) in [5.41, 5.74) is 8.18. The number of rotatable bonds is 2. The van der Waals surface area contributed by atoms with Gasteiger partial charge in [0, 0.05) is 38.7 Å². The van der Waals surface area contributed by atoms with Crippen LogP contribution in [0.3, 0.4) is 0 Å². The second kappa shape index (κ2) is 9.22. The van der Waals surface area contributed by atoms with Gasteiger partial charge in [-0.05, 0) is 68.4 Å². The van der Waals surface area contributed by atoms with Crippen molar-refractivity contribution in [3.8, 4) is 22.4 Å². The van der Waals surface area contributed by atoms with E-state index in [1.807, 2.05) is 18.3 Å². The van der Waals surface area contributed by atoms with Gasteiger partial charge in [-0.2, -0.15) is 0 Å². The highest BCUT2D eigenvalue weighted by Crippen LogP contribution is 2.43. The molecule has 208 valence electrons. The Balaban J connectivity index is 1.23. The Morgan fingerprint density at radius 3 is 1.98 bits per heavy atom. The molecule has 0 N–H and O–H groups in total. The third-order valence-corrected chi connectivity index (χ3v) is 9.29. The van der Waals surface area contributed by atoms with E-state index in [-0.39, 0.29) is 0 Å². The van der Waals surface area contributed by atoms with E-state index in [4.69, 9.17) is 9.40 Å². The summed E-state index contributed by atoms with van der Waals surface area (Å²) in [4.78, 5) is 9.87. The molecule has 0 aliphatic heterocycles. The van der Waals surface area contributed by atoms with E-state index >= 15 is 0 Å². The van der Waals surface area contributed by atoms with Crippen LogP contribution in [0.25, 0.3) is 98.4 Å². The largest absolute Gasteiger partial charge is 0.455 e. The Bertz CT molecular complexity index is 2830. The van der Waals surface area contributed by atoms with E-state index in [2.05, 4.69) is 132 Å². The van der Waals surface area contributed by atoms with Crippen LogP contribution in [0.1, 0.15) is 0 Å². The number of aromatic nitrogens is 2. The van der Waals surface area contributed by atoms with Crippen LogP contribution in [0.4, 0.5) is 0 Å². The number of para-hydroxylation sites is 1. The highest BCUT2D eigenvalue weighted by molar-refractivity contribution is 6.26. The molecular weight excluding hydrogens is 548 g/mol. The van der Waals surface area contributed by atoms with Crippen molar-refractivity contribution < 1.29 is 4.42 Å². The summed E-state index contributed by atoms with van der Waals surface area (Å²) >= 11 is 0. The number of hydrogen-bond donors (Lipinski definition) is 0. The molecule has 10 rings (SSSR count). The van der Waals surface area contributed by atoms with Crippen LogP contribution in [0.5, 0.6) is 0 Å². The molecule has 0 atom stereocenters. The zero-order valence-electron chi connectivity index (χ0n) is 24.2. The lowest BCUT2D eigenvalue weighted by Gasteiger charge is -2.15. The second-order valence-corrected chi connectivity index (χ2v) is 11.7. The Hall–Kier alpha value is -6.06. The standard InChI is InChI=1S/C42H24N2O/c1-2-11-34-31(9-1)36(24-27-19-21-35-33-10-3-4-16-38(33)45-42(35)39(27)34)30-14-5-13-29-28(30)12-6-15-32(29)37-22-20-26-18-17-25-8-7-23-43-40(25)41(26)44-37/h1-24H. The molecular formula is C42H24N2O. The average Bonchev–Trinajstić information content (AvgIpc) is 3.49. The molecule has 0 saturated heterocycles. The van der Waals surface area contributed by atoms with E-state index in [1.54, 1.807) is 0 Å². The molecule has 0 saturated carbocycles. The maximum absolute atomic E-state index is 6.50. The number of benzene rings is 7. The molecule has 0 radical (unpaired) electrons. The summed E-state index contributed by atoms with van der Waals surface area (Å²) in [5.74, 6) is 0. The second-order valence-electron chi connectivity index (χ2n) is 11.7. The molecule has 0 bridgehead atoms. The molecule has 7 aromatic carbocycles. The smallest absolute Gasteiger partial charge is 0.143 e. The summed E-state index contributed by atoms with van der Waals surface area (Å²) in [5, 5.41) is 11.6. The Labute approximate surface area is 258 Å². The molecule has 0 aliphatic carbocycles. The lowest BCUT2D eigenvalue weighted by molar-refractivity contribution is 0.673. The number of pyridine rings is 2. The van der Waals surface area contributed by atoms with Crippen LogP contribution in [-0.2, 0) is 0 Å². The van der Waals surface area contributed by atoms with Gasteiger partial charge in [-0.15, -0.1) is 0 Å². The van der Waals surface area contributed by atoms with Crippen molar-refractivity contribution in [2.45, 2.75) is 0 Å². The summed E-state index contributed by atoms with van der Waals surface area (Å²) in [7, 11) is 0. The average molecular weight is 573 g/mol. The van der Waals surface area contributed by atoms with Crippen LogP contribution in [0.2, 0.25) is 0 Å². The Morgan fingerprint density at radius 2 is 1.09 bits per heavy atom. The highest BCUT2D eigenvalue weighted by atomic mass is 16.3. The quantitative estimate of drug-likeness (QED) is 0.193. The maximum atomic E-state index is 6.50. The van der Waals surface area contributed by atoms with E-state index in [0.717, 1.165) is 60.4 Å². The van der Waals surface area contributed by atoms with Gasteiger partial charge in [0.05, 0.1) is 16.7 Å². The van der Waals surface area contributed by atoms with E-state index in [1.165, 1.54) is 38.1 Å². The summed E-state index contributed by atoms with van der Waals surface area (Å²) in [6.45, 7) is 0. The van der Waals surface area contributed by atoms with Crippen LogP contribution in [0.15, 0.2) is 150 Å². The molecule has 3 heterocycles. The van der Waals surface area contributed by atoms with Crippen LogP contribution >= 0.6 is 0 Å². The first kappa shape index (κ1) is 24.4. The van der Waals surface area contributed by atoms with Crippen molar-refractivity contribution in [2.75, 3.05) is 0 Å².